The highest BCUT2D eigenvalue weighted by Crippen LogP contribution is 2.24. The molecule has 0 atom stereocenters. The highest BCUT2D eigenvalue weighted by molar-refractivity contribution is 6.36. The highest BCUT2D eigenvalue weighted by atomic mass is 35.5. The molecule has 0 aliphatic rings. The number of carbonyl (C=O) groups is 1. The van der Waals surface area contributed by atoms with Gasteiger partial charge in [-0.1, -0.05) is 23.6 Å². The van der Waals surface area contributed by atoms with Gasteiger partial charge in [-0.3, -0.25) is 4.79 Å². The zero-order valence-electron chi connectivity index (χ0n) is 9.03. The van der Waals surface area contributed by atoms with Gasteiger partial charge < -0.3 is 10.6 Å². The van der Waals surface area contributed by atoms with E-state index in [-0.39, 0.29) is 17.5 Å². The molecule has 0 saturated carbocycles. The van der Waals surface area contributed by atoms with Crippen molar-refractivity contribution in [1.82, 2.24) is 4.90 Å². The number of amides is 1. The smallest absolute Gasteiger partial charge is 0.256 e. The minimum Gasteiger partial charge on any atom is -0.398 e. The molecule has 0 bridgehead atoms. The van der Waals surface area contributed by atoms with E-state index in [9.17, 15) is 4.79 Å². The van der Waals surface area contributed by atoms with Crippen molar-refractivity contribution in [3.63, 3.8) is 0 Å². The largest absolute Gasteiger partial charge is 0.398 e. The molecule has 0 aliphatic carbocycles. The van der Waals surface area contributed by atoms with Gasteiger partial charge in [-0.2, -0.15) is 0 Å². The summed E-state index contributed by atoms with van der Waals surface area (Å²) in [6.07, 6.45) is 5.19. The molecule has 4 heteroatoms. The summed E-state index contributed by atoms with van der Waals surface area (Å²) in [4.78, 5) is 13.6. The van der Waals surface area contributed by atoms with E-state index in [1.165, 1.54) is 4.90 Å². The van der Waals surface area contributed by atoms with Crippen LogP contribution in [0.15, 0.2) is 18.2 Å². The van der Waals surface area contributed by atoms with E-state index in [0.717, 1.165) is 0 Å². The first kappa shape index (κ1) is 12.4. The molecule has 1 aromatic rings. The number of rotatable bonds is 3. The van der Waals surface area contributed by atoms with Crippen LogP contribution in [0.25, 0.3) is 0 Å². The Labute approximate surface area is 100 Å². The number of nitrogens with zero attached hydrogens (tertiary/aromatic N) is 1. The number of hydrogen-bond acceptors (Lipinski definition) is 2. The Bertz CT molecular complexity index is 437. The van der Waals surface area contributed by atoms with E-state index >= 15 is 0 Å². The lowest BCUT2D eigenvalue weighted by molar-refractivity contribution is 0.0785. The van der Waals surface area contributed by atoms with Gasteiger partial charge in [0.05, 0.1) is 22.8 Å². The van der Waals surface area contributed by atoms with Crippen molar-refractivity contribution >= 4 is 23.2 Å². The van der Waals surface area contributed by atoms with E-state index in [1.54, 1.807) is 18.2 Å². The molecule has 1 amide bonds. The average Bonchev–Trinajstić information content (AvgIpc) is 2.29. The second kappa shape index (κ2) is 5.43. The molecule has 0 fully saturated rings. The number of hydrogen-bond donors (Lipinski definition) is 1. The molecule has 2 N–H and O–H groups in total. The van der Waals surface area contributed by atoms with Crippen molar-refractivity contribution in [2.75, 3.05) is 18.8 Å². The van der Waals surface area contributed by atoms with Gasteiger partial charge in [-0.15, -0.1) is 6.42 Å². The Morgan fingerprint density at radius 1 is 1.62 bits per heavy atom. The maximum atomic E-state index is 12.0. The van der Waals surface area contributed by atoms with Crippen LogP contribution < -0.4 is 5.73 Å². The summed E-state index contributed by atoms with van der Waals surface area (Å²) in [6, 6.07) is 4.98. The van der Waals surface area contributed by atoms with Crippen LogP contribution in [0.3, 0.4) is 0 Å². The second-order valence-electron chi connectivity index (χ2n) is 3.23. The molecular formula is C12H13ClN2O. The number of halogens is 1. The van der Waals surface area contributed by atoms with Crippen molar-refractivity contribution in [3.8, 4) is 12.3 Å². The lowest BCUT2D eigenvalue weighted by Gasteiger charge is -2.18. The lowest BCUT2D eigenvalue weighted by Crippen LogP contribution is -2.31. The van der Waals surface area contributed by atoms with Crippen LogP contribution in [0.2, 0.25) is 5.02 Å². The normalized spacial score (nSPS) is 9.56. The molecule has 16 heavy (non-hydrogen) atoms. The fraction of sp³-hybridized carbons (Fsp3) is 0.250. The van der Waals surface area contributed by atoms with Crippen molar-refractivity contribution in [3.05, 3.63) is 28.8 Å². The number of anilines is 1. The Morgan fingerprint density at radius 3 is 2.88 bits per heavy atom. The summed E-state index contributed by atoms with van der Waals surface area (Å²) in [5, 5.41) is 0.281. The third-order valence-electron chi connectivity index (χ3n) is 2.21. The number of carbonyl (C=O) groups excluding carboxylic acids is 1. The topological polar surface area (TPSA) is 46.3 Å². The quantitative estimate of drug-likeness (QED) is 0.645. The predicted octanol–water partition coefficient (Wildman–Crippen LogP) is 2.02. The first-order valence-electron chi connectivity index (χ1n) is 4.88. The predicted molar refractivity (Wildman–Crippen MR) is 66.3 cm³/mol. The lowest BCUT2D eigenvalue weighted by atomic mass is 10.1. The van der Waals surface area contributed by atoms with Gasteiger partial charge in [-0.25, -0.2) is 0 Å². The summed E-state index contributed by atoms with van der Waals surface area (Å²) in [5.74, 6) is 2.24. The van der Waals surface area contributed by atoms with E-state index in [1.807, 2.05) is 6.92 Å². The average molecular weight is 237 g/mol. The van der Waals surface area contributed by atoms with Crippen LogP contribution in [0, 0.1) is 12.3 Å². The summed E-state index contributed by atoms with van der Waals surface area (Å²) in [7, 11) is 0. The molecule has 0 radical (unpaired) electrons. The SMILES string of the molecule is C#CCN(CC)C(=O)c1cccc(N)c1Cl. The molecule has 0 aromatic heterocycles. The molecule has 0 aliphatic heterocycles. The highest BCUT2D eigenvalue weighted by Gasteiger charge is 2.17. The Morgan fingerprint density at radius 2 is 2.31 bits per heavy atom. The van der Waals surface area contributed by atoms with Crippen LogP contribution in [0.5, 0.6) is 0 Å². The summed E-state index contributed by atoms with van der Waals surface area (Å²) in [6.45, 7) is 2.66. The van der Waals surface area contributed by atoms with Crippen LogP contribution in [-0.4, -0.2) is 23.9 Å². The van der Waals surface area contributed by atoms with E-state index < -0.39 is 0 Å². The minimum absolute atomic E-state index is 0.197. The van der Waals surface area contributed by atoms with Gasteiger partial charge in [0, 0.05) is 6.54 Å². The van der Waals surface area contributed by atoms with Crippen molar-refractivity contribution in [2.24, 2.45) is 0 Å². The summed E-state index contributed by atoms with van der Waals surface area (Å²) < 4.78 is 0. The molecule has 0 spiro atoms. The van der Waals surface area contributed by atoms with Gasteiger partial charge in [0.25, 0.3) is 5.91 Å². The third-order valence-corrected chi connectivity index (χ3v) is 2.63. The number of benzene rings is 1. The van der Waals surface area contributed by atoms with Crippen LogP contribution in [0.1, 0.15) is 17.3 Å². The first-order chi connectivity index (χ1) is 7.61. The monoisotopic (exact) mass is 236 g/mol. The minimum atomic E-state index is -0.197. The summed E-state index contributed by atoms with van der Waals surface area (Å²) >= 11 is 5.97. The Hall–Kier alpha value is -1.66. The zero-order valence-corrected chi connectivity index (χ0v) is 9.79. The molecule has 0 heterocycles. The standard InChI is InChI=1S/C12H13ClN2O/c1-3-8-15(4-2)12(16)9-6-5-7-10(14)11(9)13/h1,5-7H,4,8,14H2,2H3. The van der Waals surface area contributed by atoms with Gasteiger partial charge in [0.1, 0.15) is 0 Å². The Kier molecular flexibility index (Phi) is 4.21. The van der Waals surface area contributed by atoms with Crippen molar-refractivity contribution in [1.29, 1.82) is 0 Å². The van der Waals surface area contributed by atoms with Crippen molar-refractivity contribution in [2.45, 2.75) is 6.92 Å². The second-order valence-corrected chi connectivity index (χ2v) is 3.61. The maximum Gasteiger partial charge on any atom is 0.256 e. The molecule has 1 aromatic carbocycles. The number of nitrogens with two attached hydrogens (primary N) is 1. The fourth-order valence-electron chi connectivity index (χ4n) is 1.32. The summed E-state index contributed by atoms with van der Waals surface area (Å²) in [5.41, 5.74) is 6.41. The van der Waals surface area contributed by atoms with Gasteiger partial charge >= 0.3 is 0 Å². The van der Waals surface area contributed by atoms with Gasteiger partial charge in [0.15, 0.2) is 0 Å². The van der Waals surface area contributed by atoms with Gasteiger partial charge in [-0.05, 0) is 19.1 Å². The molecular weight excluding hydrogens is 224 g/mol. The molecule has 1 rings (SSSR count). The number of terminal acetylenes is 1. The van der Waals surface area contributed by atoms with Crippen LogP contribution in [0.4, 0.5) is 5.69 Å². The van der Waals surface area contributed by atoms with Crippen molar-refractivity contribution < 1.29 is 4.79 Å². The Balaban J connectivity index is 3.05. The third kappa shape index (κ3) is 2.47. The van der Waals surface area contributed by atoms with E-state index in [4.69, 9.17) is 23.8 Å². The molecule has 84 valence electrons. The van der Waals surface area contributed by atoms with E-state index in [2.05, 4.69) is 5.92 Å². The van der Waals surface area contributed by atoms with Gasteiger partial charge in [0.2, 0.25) is 0 Å². The fourth-order valence-corrected chi connectivity index (χ4v) is 1.53. The molecule has 3 nitrogen and oxygen atoms in total. The maximum absolute atomic E-state index is 12.0. The van der Waals surface area contributed by atoms with Crippen LogP contribution >= 0.6 is 11.6 Å². The first-order valence-corrected chi connectivity index (χ1v) is 5.26. The molecule has 0 saturated heterocycles. The van der Waals surface area contributed by atoms with E-state index in [0.29, 0.717) is 17.8 Å². The number of nitrogen functional groups attached to an aromatic ring is 1. The zero-order chi connectivity index (χ0) is 12.1. The molecule has 0 unspecified atom stereocenters. The van der Waals surface area contributed by atoms with Crippen LogP contribution in [-0.2, 0) is 0 Å².